The molecule has 94 valence electrons. The monoisotopic (exact) mass is 226 g/mol. The first-order valence-corrected chi connectivity index (χ1v) is 6.62. The van der Waals surface area contributed by atoms with Crippen LogP contribution < -0.4 is 10.6 Å². The minimum absolute atomic E-state index is 0.146. The van der Waals surface area contributed by atoms with Crippen molar-refractivity contribution in [1.82, 2.24) is 10.6 Å². The first kappa shape index (κ1) is 13.5. The van der Waals surface area contributed by atoms with Crippen LogP contribution in [-0.4, -0.2) is 24.5 Å². The second kappa shape index (κ2) is 6.89. The van der Waals surface area contributed by atoms with Crippen LogP contribution in [0.2, 0.25) is 0 Å². The van der Waals surface area contributed by atoms with Gasteiger partial charge in [0.1, 0.15) is 0 Å². The molecular weight excluding hydrogens is 200 g/mol. The van der Waals surface area contributed by atoms with Crippen molar-refractivity contribution >= 4 is 5.91 Å². The Morgan fingerprint density at radius 1 is 1.25 bits per heavy atom. The van der Waals surface area contributed by atoms with Crippen LogP contribution >= 0.6 is 0 Å². The van der Waals surface area contributed by atoms with Crippen molar-refractivity contribution in [1.29, 1.82) is 0 Å². The van der Waals surface area contributed by atoms with Crippen molar-refractivity contribution in [3.8, 4) is 0 Å². The Kier molecular flexibility index (Phi) is 5.81. The zero-order valence-corrected chi connectivity index (χ0v) is 10.9. The molecule has 0 spiro atoms. The summed E-state index contributed by atoms with van der Waals surface area (Å²) in [6.07, 6.45) is 6.29. The van der Waals surface area contributed by atoms with Crippen molar-refractivity contribution in [2.24, 2.45) is 5.92 Å². The van der Waals surface area contributed by atoms with Crippen molar-refractivity contribution in [2.75, 3.05) is 6.54 Å². The number of amides is 1. The Morgan fingerprint density at radius 2 is 1.94 bits per heavy atom. The maximum Gasteiger partial charge on any atom is 0.234 e. The smallest absolute Gasteiger partial charge is 0.234 e. The fourth-order valence-electron chi connectivity index (χ4n) is 2.26. The molecule has 3 nitrogen and oxygen atoms in total. The van der Waals surface area contributed by atoms with Gasteiger partial charge in [-0.05, 0) is 18.8 Å². The van der Waals surface area contributed by atoms with E-state index in [9.17, 15) is 4.79 Å². The molecule has 1 amide bonds. The molecule has 0 aromatic carbocycles. The topological polar surface area (TPSA) is 41.1 Å². The van der Waals surface area contributed by atoms with Crippen molar-refractivity contribution in [3.63, 3.8) is 0 Å². The van der Waals surface area contributed by atoms with Gasteiger partial charge in [0.25, 0.3) is 0 Å². The Bertz CT molecular complexity index is 216. The summed E-state index contributed by atoms with van der Waals surface area (Å²) in [5.74, 6) is 0.776. The Balaban J connectivity index is 2.30. The molecule has 1 aliphatic rings. The molecule has 1 rings (SSSR count). The number of nitrogens with one attached hydrogen (secondary N) is 2. The largest absolute Gasteiger partial charge is 0.352 e. The van der Waals surface area contributed by atoms with E-state index in [1.165, 1.54) is 25.7 Å². The van der Waals surface area contributed by atoms with Gasteiger partial charge in [-0.3, -0.25) is 4.79 Å². The molecule has 0 heterocycles. The van der Waals surface area contributed by atoms with Crippen LogP contribution in [0, 0.1) is 5.92 Å². The first-order valence-electron chi connectivity index (χ1n) is 6.62. The molecule has 0 aromatic heterocycles. The van der Waals surface area contributed by atoms with Gasteiger partial charge in [0.05, 0.1) is 6.54 Å². The number of carbonyl (C=O) groups is 1. The summed E-state index contributed by atoms with van der Waals surface area (Å²) in [7, 11) is 0. The second-order valence-corrected chi connectivity index (χ2v) is 5.32. The van der Waals surface area contributed by atoms with E-state index in [0.717, 1.165) is 6.42 Å². The summed E-state index contributed by atoms with van der Waals surface area (Å²) < 4.78 is 0. The molecule has 1 aliphatic carbocycles. The molecule has 16 heavy (non-hydrogen) atoms. The van der Waals surface area contributed by atoms with Crippen LogP contribution in [0.5, 0.6) is 0 Å². The summed E-state index contributed by atoms with van der Waals surface area (Å²) in [6, 6.07) is 0.765. The minimum Gasteiger partial charge on any atom is -0.352 e. The number of carbonyl (C=O) groups excluding carboxylic acids is 1. The number of hydrogen-bond acceptors (Lipinski definition) is 2. The Morgan fingerprint density at radius 3 is 2.62 bits per heavy atom. The highest BCUT2D eigenvalue weighted by atomic mass is 16.2. The lowest BCUT2D eigenvalue weighted by molar-refractivity contribution is -0.121. The van der Waals surface area contributed by atoms with E-state index in [1.807, 2.05) is 0 Å². The predicted octanol–water partition coefficient (Wildman–Crippen LogP) is 2.07. The average molecular weight is 226 g/mol. The van der Waals surface area contributed by atoms with Crippen LogP contribution in [0.25, 0.3) is 0 Å². The molecule has 1 fully saturated rings. The predicted molar refractivity (Wildman–Crippen MR) is 67.3 cm³/mol. The Hall–Kier alpha value is -0.570. The molecule has 2 atom stereocenters. The van der Waals surface area contributed by atoms with Crippen molar-refractivity contribution in [3.05, 3.63) is 0 Å². The molecule has 2 unspecified atom stereocenters. The number of hydrogen-bond donors (Lipinski definition) is 2. The highest BCUT2D eigenvalue weighted by Crippen LogP contribution is 2.22. The molecular formula is C13H26N2O. The second-order valence-electron chi connectivity index (χ2n) is 5.32. The zero-order chi connectivity index (χ0) is 12.0. The normalized spacial score (nSPS) is 26.5. The lowest BCUT2D eigenvalue weighted by Crippen LogP contribution is -2.44. The zero-order valence-electron chi connectivity index (χ0n) is 10.9. The van der Waals surface area contributed by atoms with E-state index in [0.29, 0.717) is 24.5 Å². The van der Waals surface area contributed by atoms with Gasteiger partial charge in [-0.25, -0.2) is 0 Å². The summed E-state index contributed by atoms with van der Waals surface area (Å²) in [4.78, 5) is 11.7. The third-order valence-corrected chi connectivity index (χ3v) is 3.38. The third kappa shape index (κ3) is 4.97. The summed E-state index contributed by atoms with van der Waals surface area (Å²) in [5, 5.41) is 6.32. The minimum atomic E-state index is 0.146. The standard InChI is InChI=1S/C13H26N2O/c1-10(2)14-9-13(16)15-12-8-6-4-5-7-11(12)3/h10-12,14H,4-9H2,1-3H3,(H,15,16). The lowest BCUT2D eigenvalue weighted by atomic mass is 9.97. The number of rotatable bonds is 4. The summed E-state index contributed by atoms with van der Waals surface area (Å²) in [6.45, 7) is 6.82. The molecule has 1 saturated carbocycles. The van der Waals surface area contributed by atoms with Gasteiger partial charge in [-0.1, -0.05) is 40.0 Å². The molecule has 0 aliphatic heterocycles. The average Bonchev–Trinajstić information content (AvgIpc) is 2.42. The lowest BCUT2D eigenvalue weighted by Gasteiger charge is -2.23. The molecule has 0 radical (unpaired) electrons. The molecule has 2 N–H and O–H groups in total. The van der Waals surface area contributed by atoms with E-state index >= 15 is 0 Å². The first-order chi connectivity index (χ1) is 7.59. The highest BCUT2D eigenvalue weighted by molar-refractivity contribution is 5.78. The molecule has 0 aromatic rings. The van der Waals surface area contributed by atoms with Crippen molar-refractivity contribution < 1.29 is 4.79 Å². The van der Waals surface area contributed by atoms with E-state index in [4.69, 9.17) is 0 Å². The molecule has 0 saturated heterocycles. The van der Waals surface area contributed by atoms with Gasteiger partial charge in [0, 0.05) is 12.1 Å². The van der Waals surface area contributed by atoms with Gasteiger partial charge in [0.15, 0.2) is 0 Å². The fraction of sp³-hybridized carbons (Fsp3) is 0.923. The van der Waals surface area contributed by atoms with E-state index in [-0.39, 0.29) is 5.91 Å². The molecule has 0 bridgehead atoms. The van der Waals surface area contributed by atoms with Crippen LogP contribution in [0.3, 0.4) is 0 Å². The highest BCUT2D eigenvalue weighted by Gasteiger charge is 2.21. The van der Waals surface area contributed by atoms with Gasteiger partial charge in [0.2, 0.25) is 5.91 Å². The van der Waals surface area contributed by atoms with E-state index < -0.39 is 0 Å². The van der Waals surface area contributed by atoms with Crippen LogP contribution in [0.15, 0.2) is 0 Å². The van der Waals surface area contributed by atoms with Gasteiger partial charge >= 0.3 is 0 Å². The SMILES string of the molecule is CC(C)NCC(=O)NC1CCCCCC1C. The van der Waals surface area contributed by atoms with Crippen LogP contribution in [-0.2, 0) is 4.79 Å². The Labute approximate surface area is 99.4 Å². The maximum absolute atomic E-state index is 11.7. The summed E-state index contributed by atoms with van der Waals surface area (Å²) >= 11 is 0. The summed E-state index contributed by atoms with van der Waals surface area (Å²) in [5.41, 5.74) is 0. The van der Waals surface area contributed by atoms with Crippen LogP contribution in [0.4, 0.5) is 0 Å². The van der Waals surface area contributed by atoms with Gasteiger partial charge < -0.3 is 10.6 Å². The van der Waals surface area contributed by atoms with E-state index in [2.05, 4.69) is 31.4 Å². The van der Waals surface area contributed by atoms with Gasteiger partial charge in [-0.2, -0.15) is 0 Å². The maximum atomic E-state index is 11.7. The van der Waals surface area contributed by atoms with Crippen molar-refractivity contribution in [2.45, 2.75) is 65.0 Å². The fourth-order valence-corrected chi connectivity index (χ4v) is 2.26. The van der Waals surface area contributed by atoms with E-state index in [1.54, 1.807) is 0 Å². The van der Waals surface area contributed by atoms with Crippen LogP contribution in [0.1, 0.15) is 52.9 Å². The molecule has 3 heteroatoms. The third-order valence-electron chi connectivity index (χ3n) is 3.38. The van der Waals surface area contributed by atoms with Gasteiger partial charge in [-0.15, -0.1) is 0 Å². The quantitative estimate of drug-likeness (QED) is 0.721.